The van der Waals surface area contributed by atoms with Crippen molar-refractivity contribution in [3.63, 3.8) is 0 Å². The first-order valence-electron chi connectivity index (χ1n) is 19.8. The molecule has 10 aromatic rings. The first kappa shape index (κ1) is 32.0. The Balaban J connectivity index is 0.975. The predicted octanol–water partition coefficient (Wildman–Crippen LogP) is 12.6. The highest BCUT2D eigenvalue weighted by atomic mass is 15.0. The van der Waals surface area contributed by atoms with Crippen LogP contribution < -0.4 is 0 Å². The summed E-state index contributed by atoms with van der Waals surface area (Å²) in [4.78, 5) is 8.87. The van der Waals surface area contributed by atoms with E-state index >= 15 is 0 Å². The number of hydrogen-bond acceptors (Lipinski definition) is 2. The fourth-order valence-electron chi connectivity index (χ4n) is 10.2. The molecule has 0 bridgehead atoms. The summed E-state index contributed by atoms with van der Waals surface area (Å²) in [5, 5.41) is 4.89. The Morgan fingerprint density at radius 2 is 1.21 bits per heavy atom. The predicted molar refractivity (Wildman–Crippen MR) is 234 cm³/mol. The summed E-state index contributed by atoms with van der Waals surface area (Å²) in [6.07, 6.45) is 15.5. The van der Waals surface area contributed by atoms with E-state index in [0.29, 0.717) is 0 Å². The Morgan fingerprint density at radius 3 is 2.00 bits per heavy atom. The molecule has 0 fully saturated rings. The lowest BCUT2D eigenvalue weighted by Crippen LogP contribution is -2.28. The normalized spacial score (nSPS) is 15.6. The molecular formula is C53H36N4. The van der Waals surface area contributed by atoms with E-state index in [1.807, 2.05) is 24.8 Å². The summed E-state index contributed by atoms with van der Waals surface area (Å²) in [7, 11) is 0. The Bertz CT molecular complexity index is 3160. The van der Waals surface area contributed by atoms with E-state index in [9.17, 15) is 0 Å². The Morgan fingerprint density at radius 1 is 0.509 bits per heavy atom. The molecule has 268 valence electrons. The molecule has 1 unspecified atom stereocenters. The Hall–Kier alpha value is -7.30. The molecule has 57 heavy (non-hydrogen) atoms. The lowest BCUT2D eigenvalue weighted by Gasteiger charge is -2.33. The third-order valence-electron chi connectivity index (χ3n) is 12.5. The second kappa shape index (κ2) is 12.4. The van der Waals surface area contributed by atoms with Crippen molar-refractivity contribution in [3.8, 4) is 16.8 Å². The largest absolute Gasteiger partial charge is 0.309 e. The number of hydrogen-bond donors (Lipinski definition) is 0. The summed E-state index contributed by atoms with van der Waals surface area (Å²) in [5.41, 5.74) is 15.7. The maximum Gasteiger partial charge on any atom is 0.0724 e. The Kier molecular flexibility index (Phi) is 6.93. The van der Waals surface area contributed by atoms with Crippen LogP contribution in [0.3, 0.4) is 0 Å². The molecule has 0 aliphatic heterocycles. The number of pyridine rings is 2. The third-order valence-corrected chi connectivity index (χ3v) is 12.5. The van der Waals surface area contributed by atoms with Gasteiger partial charge in [-0.15, -0.1) is 0 Å². The highest BCUT2D eigenvalue weighted by Crippen LogP contribution is 2.58. The second-order valence-corrected chi connectivity index (χ2v) is 15.3. The summed E-state index contributed by atoms with van der Waals surface area (Å²) < 4.78 is 4.78. The summed E-state index contributed by atoms with van der Waals surface area (Å²) in [5.74, 6) is 0.290. The molecule has 1 atom stereocenters. The van der Waals surface area contributed by atoms with Crippen molar-refractivity contribution in [2.75, 3.05) is 0 Å². The molecule has 12 rings (SSSR count). The zero-order valence-corrected chi connectivity index (χ0v) is 31.1. The SMILES string of the molecule is C1=CC(c2ccc(-n3c4ccccc4c4c5c(ccc43)C(c3ccccc3)(c3ccccc3)c3ccccc3-5)cc2)CC=C1n1c2ccncc2c2ccncc21. The molecule has 6 aromatic carbocycles. The third kappa shape index (κ3) is 4.50. The van der Waals surface area contributed by atoms with Gasteiger partial charge < -0.3 is 9.13 Å². The van der Waals surface area contributed by atoms with Crippen LogP contribution in [0, 0.1) is 0 Å². The van der Waals surface area contributed by atoms with Gasteiger partial charge in [-0.1, -0.05) is 133 Å². The van der Waals surface area contributed by atoms with Crippen molar-refractivity contribution in [2.45, 2.75) is 17.8 Å². The van der Waals surface area contributed by atoms with Crippen LogP contribution in [-0.4, -0.2) is 19.1 Å². The van der Waals surface area contributed by atoms with Crippen LogP contribution in [-0.2, 0) is 5.41 Å². The molecule has 0 amide bonds. The molecule has 0 spiro atoms. The zero-order chi connectivity index (χ0) is 37.5. The highest BCUT2D eigenvalue weighted by molar-refractivity contribution is 6.18. The van der Waals surface area contributed by atoms with E-state index in [2.05, 4.69) is 195 Å². The molecule has 0 N–H and O–H groups in total. The zero-order valence-electron chi connectivity index (χ0n) is 31.1. The van der Waals surface area contributed by atoms with Crippen molar-refractivity contribution < 1.29 is 0 Å². The Labute approximate surface area is 330 Å². The van der Waals surface area contributed by atoms with Crippen molar-refractivity contribution in [3.05, 3.63) is 229 Å². The van der Waals surface area contributed by atoms with Crippen molar-refractivity contribution >= 4 is 49.3 Å². The van der Waals surface area contributed by atoms with Gasteiger partial charge in [0.15, 0.2) is 0 Å². The summed E-state index contributed by atoms with van der Waals surface area (Å²) in [6, 6.07) is 58.3. The minimum absolute atomic E-state index is 0.290. The van der Waals surface area contributed by atoms with Gasteiger partial charge in [0.1, 0.15) is 0 Å². The first-order chi connectivity index (χ1) is 28.3. The summed E-state index contributed by atoms with van der Waals surface area (Å²) >= 11 is 0. The average Bonchev–Trinajstić information content (AvgIpc) is 3.92. The van der Waals surface area contributed by atoms with Crippen LogP contribution in [0.1, 0.15) is 40.2 Å². The lowest BCUT2D eigenvalue weighted by molar-refractivity contribution is 0.769. The molecule has 0 saturated carbocycles. The lowest BCUT2D eigenvalue weighted by atomic mass is 9.67. The van der Waals surface area contributed by atoms with Gasteiger partial charge in [0.2, 0.25) is 0 Å². The number of nitrogens with zero attached hydrogens (tertiary/aromatic N) is 4. The quantitative estimate of drug-likeness (QED) is 0.177. The molecule has 4 aromatic heterocycles. The molecular weight excluding hydrogens is 693 g/mol. The van der Waals surface area contributed by atoms with Crippen molar-refractivity contribution in [1.82, 2.24) is 19.1 Å². The highest BCUT2D eigenvalue weighted by Gasteiger charge is 2.47. The molecule has 2 aliphatic carbocycles. The minimum atomic E-state index is -0.440. The van der Waals surface area contributed by atoms with Gasteiger partial charge in [-0.2, -0.15) is 0 Å². The maximum atomic E-state index is 4.46. The fraction of sp³-hybridized carbons (Fsp3) is 0.0566. The minimum Gasteiger partial charge on any atom is -0.309 e. The van der Waals surface area contributed by atoms with Crippen molar-refractivity contribution in [1.29, 1.82) is 0 Å². The van der Waals surface area contributed by atoms with Gasteiger partial charge in [0, 0.05) is 57.4 Å². The van der Waals surface area contributed by atoms with Crippen LogP contribution in [0.2, 0.25) is 0 Å². The van der Waals surface area contributed by atoms with E-state index in [1.54, 1.807) is 0 Å². The van der Waals surface area contributed by atoms with Gasteiger partial charge in [-0.05, 0) is 87.8 Å². The maximum absolute atomic E-state index is 4.46. The van der Waals surface area contributed by atoms with Crippen LogP contribution in [0.15, 0.2) is 201 Å². The van der Waals surface area contributed by atoms with E-state index < -0.39 is 5.41 Å². The van der Waals surface area contributed by atoms with Gasteiger partial charge in [-0.25, -0.2) is 0 Å². The van der Waals surface area contributed by atoms with E-state index in [0.717, 1.165) is 28.5 Å². The first-order valence-corrected chi connectivity index (χ1v) is 19.8. The van der Waals surface area contributed by atoms with Crippen LogP contribution >= 0.6 is 0 Å². The smallest absolute Gasteiger partial charge is 0.0724 e. The molecule has 4 nitrogen and oxygen atoms in total. The number of para-hydroxylation sites is 1. The average molecular weight is 729 g/mol. The topological polar surface area (TPSA) is 35.6 Å². The molecule has 2 aliphatic rings. The number of fused-ring (bicyclic) bond motifs is 10. The standard InChI is InChI=1S/C53H36N4/c1-3-11-37(12-4-1)53(38-13-5-2-6-14-38)45-17-9-7-15-42(45)51-46(53)27-28-49-52(51)43-16-8-10-18-47(43)56(49)39-23-19-35(20-24-39)36-21-25-40(26-22-36)57-48-30-32-54-33-44(48)41-29-31-55-34-50(41)57/h1-21,23-34,36H,22H2. The van der Waals surface area contributed by atoms with Crippen LogP contribution in [0.5, 0.6) is 0 Å². The molecule has 0 saturated heterocycles. The number of allylic oxidation sites excluding steroid dienone is 4. The van der Waals surface area contributed by atoms with Crippen LogP contribution in [0.4, 0.5) is 0 Å². The molecule has 4 heterocycles. The fourth-order valence-corrected chi connectivity index (χ4v) is 10.2. The number of benzene rings is 6. The number of aromatic nitrogens is 4. The second-order valence-electron chi connectivity index (χ2n) is 15.3. The summed E-state index contributed by atoms with van der Waals surface area (Å²) in [6.45, 7) is 0. The van der Waals surface area contributed by atoms with Gasteiger partial charge >= 0.3 is 0 Å². The monoisotopic (exact) mass is 728 g/mol. The molecule has 4 heteroatoms. The van der Waals surface area contributed by atoms with Gasteiger partial charge in [-0.3, -0.25) is 9.97 Å². The van der Waals surface area contributed by atoms with Gasteiger partial charge in [0.05, 0.1) is 33.7 Å². The van der Waals surface area contributed by atoms with Crippen LogP contribution in [0.25, 0.3) is 66.1 Å². The van der Waals surface area contributed by atoms with Crippen molar-refractivity contribution in [2.24, 2.45) is 0 Å². The van der Waals surface area contributed by atoms with E-state index in [-0.39, 0.29) is 5.92 Å². The molecule has 0 radical (unpaired) electrons. The van der Waals surface area contributed by atoms with E-state index in [1.165, 1.54) is 71.8 Å². The number of rotatable bonds is 5. The van der Waals surface area contributed by atoms with Gasteiger partial charge in [0.25, 0.3) is 0 Å². The van der Waals surface area contributed by atoms with E-state index in [4.69, 9.17) is 0 Å².